The molecule has 0 bridgehead atoms. The van der Waals surface area contributed by atoms with Gasteiger partial charge in [0, 0.05) is 20.5 Å². The van der Waals surface area contributed by atoms with Gasteiger partial charge in [-0.2, -0.15) is 4.99 Å². The molecule has 1 heterocycles. The molecule has 90 valence electrons. The lowest BCUT2D eigenvalue weighted by atomic mass is 10.8. The van der Waals surface area contributed by atoms with Gasteiger partial charge in [-0.25, -0.2) is 17.8 Å². The van der Waals surface area contributed by atoms with E-state index < -0.39 is 15.9 Å². The van der Waals surface area contributed by atoms with E-state index in [2.05, 4.69) is 14.8 Å². The summed E-state index contributed by atoms with van der Waals surface area (Å²) in [5.74, 6) is -0.397. The molecule has 0 radical (unpaired) electrons. The highest BCUT2D eigenvalue weighted by Gasteiger charge is 2.18. The third-order valence-corrected chi connectivity index (χ3v) is 4.42. The second-order valence-corrected chi connectivity index (χ2v) is 5.80. The number of aryl methyl sites for hydroxylation is 1. The van der Waals surface area contributed by atoms with Crippen LogP contribution in [0.2, 0.25) is 0 Å². The first-order valence-corrected chi connectivity index (χ1v) is 6.76. The van der Waals surface area contributed by atoms with Gasteiger partial charge in [-0.3, -0.25) is 4.79 Å². The van der Waals surface area contributed by atoms with E-state index in [9.17, 15) is 13.2 Å². The Balaban J connectivity index is 3.26. The van der Waals surface area contributed by atoms with Crippen molar-refractivity contribution in [3.8, 4) is 0 Å². The Kier molecular flexibility index (Phi) is 3.94. The summed E-state index contributed by atoms with van der Waals surface area (Å²) in [6.07, 6.45) is 0. The molecular formula is C7H12N4O3S2. The van der Waals surface area contributed by atoms with Gasteiger partial charge in [-0.1, -0.05) is 18.3 Å². The van der Waals surface area contributed by atoms with Crippen LogP contribution in [0.15, 0.2) is 9.33 Å². The SMILES string of the molecule is CCNS(=O)(=O)c1nn(C)c(=NC(C)=O)s1. The van der Waals surface area contributed by atoms with Crippen LogP contribution in [0, 0.1) is 0 Å². The highest BCUT2D eigenvalue weighted by molar-refractivity contribution is 7.91. The summed E-state index contributed by atoms with van der Waals surface area (Å²) in [6.45, 7) is 3.25. The molecule has 1 aromatic rings. The van der Waals surface area contributed by atoms with E-state index in [1.54, 1.807) is 6.92 Å². The zero-order valence-corrected chi connectivity index (χ0v) is 10.7. The van der Waals surface area contributed by atoms with Gasteiger partial charge in [0.1, 0.15) is 0 Å². The largest absolute Gasteiger partial charge is 0.273 e. The molecule has 0 fully saturated rings. The number of sulfonamides is 1. The predicted octanol–water partition coefficient (Wildman–Crippen LogP) is -0.773. The van der Waals surface area contributed by atoms with Gasteiger partial charge in [0.05, 0.1) is 0 Å². The van der Waals surface area contributed by atoms with Crippen LogP contribution < -0.4 is 9.52 Å². The van der Waals surface area contributed by atoms with Gasteiger partial charge < -0.3 is 0 Å². The van der Waals surface area contributed by atoms with Crippen molar-refractivity contribution in [2.24, 2.45) is 12.0 Å². The molecule has 0 spiro atoms. The molecule has 0 aliphatic carbocycles. The van der Waals surface area contributed by atoms with Gasteiger partial charge >= 0.3 is 0 Å². The van der Waals surface area contributed by atoms with Crippen LogP contribution in [0.5, 0.6) is 0 Å². The number of nitrogens with one attached hydrogen (secondary N) is 1. The van der Waals surface area contributed by atoms with Crippen molar-refractivity contribution in [2.75, 3.05) is 6.54 Å². The molecule has 0 aliphatic rings. The van der Waals surface area contributed by atoms with Crippen LogP contribution in [0.3, 0.4) is 0 Å². The van der Waals surface area contributed by atoms with E-state index >= 15 is 0 Å². The summed E-state index contributed by atoms with van der Waals surface area (Å²) < 4.78 is 26.6. The summed E-state index contributed by atoms with van der Waals surface area (Å²) >= 11 is 0.849. The van der Waals surface area contributed by atoms with Gasteiger partial charge in [0.15, 0.2) is 0 Å². The highest BCUT2D eigenvalue weighted by atomic mass is 32.2. The molecule has 1 rings (SSSR count). The molecular weight excluding hydrogens is 252 g/mol. The quantitative estimate of drug-likeness (QED) is 0.775. The minimum atomic E-state index is -3.58. The summed E-state index contributed by atoms with van der Waals surface area (Å²) in [6, 6.07) is 0. The van der Waals surface area contributed by atoms with E-state index in [4.69, 9.17) is 0 Å². The summed E-state index contributed by atoms with van der Waals surface area (Å²) in [7, 11) is -2.05. The number of hydrogen-bond acceptors (Lipinski definition) is 5. The Morgan fingerprint density at radius 3 is 2.75 bits per heavy atom. The van der Waals surface area contributed by atoms with Crippen molar-refractivity contribution >= 4 is 27.3 Å². The average molecular weight is 264 g/mol. The van der Waals surface area contributed by atoms with Crippen LogP contribution in [0.1, 0.15) is 13.8 Å². The monoisotopic (exact) mass is 264 g/mol. The van der Waals surface area contributed by atoms with Crippen LogP contribution in [0.4, 0.5) is 0 Å². The number of carbonyl (C=O) groups excluding carboxylic acids is 1. The van der Waals surface area contributed by atoms with Crippen molar-refractivity contribution < 1.29 is 13.2 Å². The number of nitrogens with zero attached hydrogens (tertiary/aromatic N) is 3. The van der Waals surface area contributed by atoms with Crippen LogP contribution in [0.25, 0.3) is 0 Å². The molecule has 0 atom stereocenters. The first-order valence-electron chi connectivity index (χ1n) is 4.46. The van der Waals surface area contributed by atoms with Crippen molar-refractivity contribution in [3.05, 3.63) is 4.80 Å². The molecule has 0 aromatic carbocycles. The second kappa shape index (κ2) is 4.85. The molecule has 9 heteroatoms. The number of amides is 1. The fourth-order valence-corrected chi connectivity index (χ4v) is 3.16. The molecule has 0 saturated carbocycles. The number of aromatic nitrogens is 2. The Labute approximate surface area is 96.9 Å². The maximum atomic E-state index is 11.6. The Morgan fingerprint density at radius 2 is 2.25 bits per heavy atom. The number of rotatable bonds is 3. The fourth-order valence-electron chi connectivity index (χ4n) is 0.920. The van der Waals surface area contributed by atoms with Crippen LogP contribution >= 0.6 is 11.3 Å². The Hall–Kier alpha value is -1.06. The molecule has 7 nitrogen and oxygen atoms in total. The van der Waals surface area contributed by atoms with Gasteiger partial charge in [0.25, 0.3) is 10.0 Å². The van der Waals surface area contributed by atoms with E-state index in [1.807, 2.05) is 0 Å². The third kappa shape index (κ3) is 2.97. The van der Waals surface area contributed by atoms with E-state index in [1.165, 1.54) is 18.7 Å². The van der Waals surface area contributed by atoms with Gasteiger partial charge in [0.2, 0.25) is 15.0 Å². The predicted molar refractivity (Wildman–Crippen MR) is 58.2 cm³/mol. The molecule has 0 saturated heterocycles. The maximum absolute atomic E-state index is 11.6. The third-order valence-electron chi connectivity index (χ3n) is 1.50. The smallest absolute Gasteiger partial charge is 0.269 e. The number of carbonyl (C=O) groups is 1. The summed E-state index contributed by atoms with van der Waals surface area (Å²) in [4.78, 5) is 14.7. The van der Waals surface area contributed by atoms with Gasteiger partial charge in [-0.05, 0) is 0 Å². The number of hydrogen-bond donors (Lipinski definition) is 1. The Morgan fingerprint density at radius 1 is 1.62 bits per heavy atom. The molecule has 0 unspecified atom stereocenters. The molecule has 1 N–H and O–H groups in total. The lowest BCUT2D eigenvalue weighted by Crippen LogP contribution is -2.23. The molecule has 1 aromatic heterocycles. The second-order valence-electron chi connectivity index (χ2n) is 2.91. The average Bonchev–Trinajstić information content (AvgIpc) is 2.47. The summed E-state index contributed by atoms with van der Waals surface area (Å²) in [5.41, 5.74) is 0. The zero-order chi connectivity index (χ0) is 12.3. The molecule has 0 aliphatic heterocycles. The Bertz CT molecular complexity index is 554. The normalized spacial score (nSPS) is 13.1. The minimum Gasteiger partial charge on any atom is -0.273 e. The van der Waals surface area contributed by atoms with Crippen molar-refractivity contribution in [2.45, 2.75) is 18.2 Å². The van der Waals surface area contributed by atoms with E-state index in [0.717, 1.165) is 11.3 Å². The van der Waals surface area contributed by atoms with Crippen molar-refractivity contribution in [3.63, 3.8) is 0 Å². The maximum Gasteiger partial charge on any atom is 0.269 e. The lowest BCUT2D eigenvalue weighted by molar-refractivity contribution is -0.116. The zero-order valence-electron chi connectivity index (χ0n) is 9.09. The van der Waals surface area contributed by atoms with E-state index in [0.29, 0.717) is 0 Å². The van der Waals surface area contributed by atoms with Gasteiger partial charge in [-0.15, -0.1) is 5.10 Å². The lowest BCUT2D eigenvalue weighted by Gasteiger charge is -1.97. The van der Waals surface area contributed by atoms with Crippen molar-refractivity contribution in [1.29, 1.82) is 0 Å². The van der Waals surface area contributed by atoms with Crippen molar-refractivity contribution in [1.82, 2.24) is 14.5 Å². The molecule has 16 heavy (non-hydrogen) atoms. The minimum absolute atomic E-state index is 0.100. The summed E-state index contributed by atoms with van der Waals surface area (Å²) in [5, 5.41) is 3.79. The molecule has 1 amide bonds. The van der Waals surface area contributed by atoms with Crippen LogP contribution in [-0.4, -0.2) is 30.7 Å². The fraction of sp³-hybridized carbons (Fsp3) is 0.571. The standard InChI is InChI=1S/C7H12N4O3S2/c1-4-8-16(13,14)7-10-11(3)6(15-7)9-5(2)12/h8H,4H2,1-3H3. The first kappa shape index (κ1) is 13.0. The van der Waals surface area contributed by atoms with E-state index in [-0.39, 0.29) is 15.7 Å². The topological polar surface area (TPSA) is 93.4 Å². The van der Waals surface area contributed by atoms with Crippen LogP contribution in [-0.2, 0) is 21.9 Å². The first-order chi connectivity index (χ1) is 7.36. The highest BCUT2D eigenvalue weighted by Crippen LogP contribution is 2.06.